The summed E-state index contributed by atoms with van der Waals surface area (Å²) in [6.45, 7) is 0. The van der Waals surface area contributed by atoms with Gasteiger partial charge in [0.1, 0.15) is 5.78 Å². The average molecular weight is 224 g/mol. The fraction of sp³-hybridized carbons (Fsp3) is 0.500. The van der Waals surface area contributed by atoms with Crippen LogP contribution in [0.5, 0.6) is 0 Å². The van der Waals surface area contributed by atoms with E-state index < -0.39 is 0 Å². The molecule has 0 aliphatic heterocycles. The standard InChI is InChI=1S/C12H14ClNO/c13-12-8-14-6-5-10(12)7-9-1-3-11(15)4-2-9/h5-6,8-9H,1-4,7H2. The zero-order valence-corrected chi connectivity index (χ0v) is 9.33. The van der Waals surface area contributed by atoms with E-state index in [1.54, 1.807) is 12.4 Å². The summed E-state index contributed by atoms with van der Waals surface area (Å²) >= 11 is 6.04. The molecule has 1 aliphatic carbocycles. The second kappa shape index (κ2) is 4.75. The predicted molar refractivity (Wildman–Crippen MR) is 59.9 cm³/mol. The molecule has 0 aromatic carbocycles. The molecule has 80 valence electrons. The average Bonchev–Trinajstić information content (AvgIpc) is 2.25. The van der Waals surface area contributed by atoms with Crippen LogP contribution in [0.1, 0.15) is 31.2 Å². The van der Waals surface area contributed by atoms with Gasteiger partial charge in [-0.1, -0.05) is 11.6 Å². The Labute approximate surface area is 94.7 Å². The second-order valence-corrected chi connectivity index (χ2v) is 4.56. The second-order valence-electron chi connectivity index (χ2n) is 4.15. The van der Waals surface area contributed by atoms with Gasteiger partial charge in [-0.2, -0.15) is 0 Å². The first kappa shape index (κ1) is 10.6. The molecule has 0 bridgehead atoms. The van der Waals surface area contributed by atoms with E-state index >= 15 is 0 Å². The number of carbonyl (C=O) groups is 1. The van der Waals surface area contributed by atoms with Crippen LogP contribution in [-0.4, -0.2) is 10.8 Å². The highest BCUT2D eigenvalue weighted by molar-refractivity contribution is 6.31. The highest BCUT2D eigenvalue weighted by Crippen LogP contribution is 2.27. The molecular weight excluding hydrogens is 210 g/mol. The Morgan fingerprint density at radius 3 is 2.80 bits per heavy atom. The third-order valence-electron chi connectivity index (χ3n) is 3.03. The minimum atomic E-state index is 0.409. The Balaban J connectivity index is 1.97. The minimum Gasteiger partial charge on any atom is -0.300 e. The van der Waals surface area contributed by atoms with Crippen LogP contribution in [-0.2, 0) is 11.2 Å². The number of aromatic nitrogens is 1. The fourth-order valence-electron chi connectivity index (χ4n) is 2.08. The number of nitrogens with zero attached hydrogens (tertiary/aromatic N) is 1. The van der Waals surface area contributed by atoms with Crippen LogP contribution >= 0.6 is 11.6 Å². The molecule has 1 aliphatic rings. The Morgan fingerprint density at radius 1 is 1.40 bits per heavy atom. The van der Waals surface area contributed by atoms with Gasteiger partial charge in [0.2, 0.25) is 0 Å². The van der Waals surface area contributed by atoms with Crippen LogP contribution in [0, 0.1) is 5.92 Å². The highest BCUT2D eigenvalue weighted by Gasteiger charge is 2.19. The molecular formula is C12H14ClNO. The molecule has 1 heterocycles. The summed E-state index contributed by atoms with van der Waals surface area (Å²) in [5.74, 6) is 1.02. The zero-order chi connectivity index (χ0) is 10.7. The summed E-state index contributed by atoms with van der Waals surface area (Å²) in [4.78, 5) is 15.1. The van der Waals surface area contributed by atoms with E-state index in [0.29, 0.717) is 11.7 Å². The lowest BCUT2D eigenvalue weighted by molar-refractivity contribution is -0.120. The van der Waals surface area contributed by atoms with Crippen LogP contribution in [0.15, 0.2) is 18.5 Å². The zero-order valence-electron chi connectivity index (χ0n) is 8.58. The van der Waals surface area contributed by atoms with Crippen LogP contribution < -0.4 is 0 Å². The maximum absolute atomic E-state index is 11.1. The highest BCUT2D eigenvalue weighted by atomic mass is 35.5. The third kappa shape index (κ3) is 2.78. The Hall–Kier alpha value is -0.890. The van der Waals surface area contributed by atoms with E-state index in [-0.39, 0.29) is 0 Å². The van der Waals surface area contributed by atoms with Gasteiger partial charge in [0.05, 0.1) is 5.02 Å². The van der Waals surface area contributed by atoms with Crippen molar-refractivity contribution in [2.24, 2.45) is 5.92 Å². The number of hydrogen-bond donors (Lipinski definition) is 0. The van der Waals surface area contributed by atoms with Crippen LogP contribution in [0.3, 0.4) is 0 Å². The van der Waals surface area contributed by atoms with Crippen molar-refractivity contribution in [3.8, 4) is 0 Å². The van der Waals surface area contributed by atoms with Crippen molar-refractivity contribution in [3.05, 3.63) is 29.0 Å². The first-order chi connectivity index (χ1) is 7.25. The van der Waals surface area contributed by atoms with E-state index in [1.807, 2.05) is 6.07 Å². The number of ketones is 1. The van der Waals surface area contributed by atoms with Crippen molar-refractivity contribution < 1.29 is 4.79 Å². The SMILES string of the molecule is O=C1CCC(Cc2ccncc2Cl)CC1. The van der Waals surface area contributed by atoms with Gasteiger partial charge in [-0.05, 0) is 36.8 Å². The van der Waals surface area contributed by atoms with Gasteiger partial charge in [0, 0.05) is 25.2 Å². The lowest BCUT2D eigenvalue weighted by Gasteiger charge is -2.21. The van der Waals surface area contributed by atoms with Crippen molar-refractivity contribution in [1.82, 2.24) is 4.98 Å². The molecule has 0 saturated heterocycles. The van der Waals surface area contributed by atoms with Gasteiger partial charge in [-0.15, -0.1) is 0 Å². The molecule has 0 radical (unpaired) electrons. The number of halogens is 1. The lowest BCUT2D eigenvalue weighted by Crippen LogP contribution is -2.15. The summed E-state index contributed by atoms with van der Waals surface area (Å²) in [6, 6.07) is 1.97. The molecule has 1 aromatic rings. The van der Waals surface area contributed by atoms with Gasteiger partial charge in [-0.3, -0.25) is 9.78 Å². The Kier molecular flexibility index (Phi) is 3.37. The number of Topliss-reactive ketones (excluding diaryl/α,β-unsaturated/α-hetero) is 1. The van der Waals surface area contributed by atoms with E-state index in [9.17, 15) is 4.79 Å². The van der Waals surface area contributed by atoms with Gasteiger partial charge < -0.3 is 0 Å². The molecule has 0 amide bonds. The number of carbonyl (C=O) groups excluding carboxylic acids is 1. The molecule has 15 heavy (non-hydrogen) atoms. The summed E-state index contributed by atoms with van der Waals surface area (Å²) < 4.78 is 0. The first-order valence-corrected chi connectivity index (χ1v) is 5.73. The summed E-state index contributed by atoms with van der Waals surface area (Å²) in [6.07, 6.45) is 7.95. The molecule has 0 unspecified atom stereocenters. The quantitative estimate of drug-likeness (QED) is 0.772. The molecule has 0 N–H and O–H groups in total. The number of hydrogen-bond acceptors (Lipinski definition) is 2. The largest absolute Gasteiger partial charge is 0.300 e. The van der Waals surface area contributed by atoms with E-state index in [4.69, 9.17) is 11.6 Å². The van der Waals surface area contributed by atoms with Crippen molar-refractivity contribution in [3.63, 3.8) is 0 Å². The van der Waals surface area contributed by atoms with Crippen molar-refractivity contribution >= 4 is 17.4 Å². The lowest BCUT2D eigenvalue weighted by atomic mass is 9.84. The van der Waals surface area contributed by atoms with Gasteiger partial charge in [0.25, 0.3) is 0 Å². The molecule has 3 heteroatoms. The molecule has 0 spiro atoms. The molecule has 1 saturated carbocycles. The molecule has 1 aromatic heterocycles. The van der Waals surface area contributed by atoms with Gasteiger partial charge in [-0.25, -0.2) is 0 Å². The summed E-state index contributed by atoms with van der Waals surface area (Å²) in [5, 5.41) is 0.745. The van der Waals surface area contributed by atoms with Crippen LogP contribution in [0.25, 0.3) is 0 Å². The van der Waals surface area contributed by atoms with Gasteiger partial charge >= 0.3 is 0 Å². The predicted octanol–water partition coefficient (Wildman–Crippen LogP) is 3.04. The number of rotatable bonds is 2. The van der Waals surface area contributed by atoms with Gasteiger partial charge in [0.15, 0.2) is 0 Å². The summed E-state index contributed by atoms with van der Waals surface area (Å²) in [5.41, 5.74) is 1.16. The smallest absolute Gasteiger partial charge is 0.132 e. The minimum absolute atomic E-state index is 0.409. The van der Waals surface area contributed by atoms with E-state index in [0.717, 1.165) is 42.7 Å². The van der Waals surface area contributed by atoms with Crippen molar-refractivity contribution in [2.75, 3.05) is 0 Å². The van der Waals surface area contributed by atoms with E-state index in [2.05, 4.69) is 4.98 Å². The Morgan fingerprint density at radius 2 is 2.13 bits per heavy atom. The summed E-state index contributed by atoms with van der Waals surface area (Å²) in [7, 11) is 0. The van der Waals surface area contributed by atoms with E-state index in [1.165, 1.54) is 0 Å². The van der Waals surface area contributed by atoms with Crippen molar-refractivity contribution in [1.29, 1.82) is 0 Å². The molecule has 1 fully saturated rings. The fourth-order valence-corrected chi connectivity index (χ4v) is 2.28. The monoisotopic (exact) mass is 223 g/mol. The van der Waals surface area contributed by atoms with Crippen molar-refractivity contribution in [2.45, 2.75) is 32.1 Å². The van der Waals surface area contributed by atoms with Crippen LogP contribution in [0.2, 0.25) is 5.02 Å². The Bertz CT molecular complexity index is 354. The first-order valence-electron chi connectivity index (χ1n) is 5.36. The topological polar surface area (TPSA) is 30.0 Å². The molecule has 2 nitrogen and oxygen atoms in total. The number of pyridine rings is 1. The normalized spacial score (nSPS) is 18.1. The third-order valence-corrected chi connectivity index (χ3v) is 3.37. The molecule has 2 rings (SSSR count). The maximum Gasteiger partial charge on any atom is 0.132 e. The van der Waals surface area contributed by atoms with Crippen LogP contribution in [0.4, 0.5) is 0 Å². The maximum atomic E-state index is 11.1. The molecule has 0 atom stereocenters.